The number of morpholine rings is 1. The fraction of sp³-hybridized carbons (Fsp3) is 0.571. The second kappa shape index (κ2) is 7.97. The second-order valence-electron chi connectivity index (χ2n) is 4.79. The Balaban J connectivity index is 1.66. The second-order valence-corrected chi connectivity index (χ2v) is 5.64. The fourth-order valence-corrected chi connectivity index (χ4v) is 2.59. The molecule has 0 spiro atoms. The van der Waals surface area contributed by atoms with Crippen LogP contribution < -0.4 is 5.32 Å². The number of nitrogens with one attached hydrogen (secondary N) is 1. The molecule has 5 heteroatoms. The van der Waals surface area contributed by atoms with E-state index in [1.54, 1.807) is 0 Å². The summed E-state index contributed by atoms with van der Waals surface area (Å²) in [6.45, 7) is 5.48. The molecule has 1 aliphatic rings. The lowest BCUT2D eigenvalue weighted by atomic mass is 10.2. The van der Waals surface area contributed by atoms with Crippen LogP contribution in [0, 0.1) is 0 Å². The van der Waals surface area contributed by atoms with Gasteiger partial charge in [-0.2, -0.15) is 0 Å². The minimum absolute atomic E-state index is 0.333. The molecule has 0 bridgehead atoms. The van der Waals surface area contributed by atoms with Gasteiger partial charge in [-0.1, -0.05) is 34.1 Å². The molecule has 2 rings (SSSR count). The first-order chi connectivity index (χ1) is 9.25. The molecule has 1 unspecified atom stereocenters. The number of β-amino-alcohol motifs (C(OH)–C–C–N with tert-alkyl or cyclic N) is 1. The SMILES string of the molecule is OC(CNCc1ccccc1Br)CN1CCOCC1. The van der Waals surface area contributed by atoms with E-state index in [9.17, 15) is 5.11 Å². The molecule has 0 amide bonds. The summed E-state index contributed by atoms with van der Waals surface area (Å²) < 4.78 is 6.39. The molecule has 1 aliphatic heterocycles. The van der Waals surface area contributed by atoms with Gasteiger partial charge in [-0.3, -0.25) is 4.90 Å². The summed E-state index contributed by atoms with van der Waals surface area (Å²) in [6, 6.07) is 8.12. The van der Waals surface area contributed by atoms with Crippen LogP contribution in [0.15, 0.2) is 28.7 Å². The topological polar surface area (TPSA) is 44.7 Å². The van der Waals surface area contributed by atoms with E-state index in [0.29, 0.717) is 13.1 Å². The Morgan fingerprint density at radius 1 is 1.32 bits per heavy atom. The van der Waals surface area contributed by atoms with E-state index in [1.165, 1.54) is 5.56 Å². The van der Waals surface area contributed by atoms with Gasteiger partial charge in [0.05, 0.1) is 19.3 Å². The monoisotopic (exact) mass is 328 g/mol. The predicted molar refractivity (Wildman–Crippen MR) is 79.1 cm³/mol. The molecule has 1 aromatic rings. The lowest BCUT2D eigenvalue weighted by molar-refractivity contribution is 0.0149. The first-order valence-electron chi connectivity index (χ1n) is 6.68. The molecule has 106 valence electrons. The summed E-state index contributed by atoms with van der Waals surface area (Å²) in [4.78, 5) is 2.24. The summed E-state index contributed by atoms with van der Waals surface area (Å²) in [5.74, 6) is 0. The van der Waals surface area contributed by atoms with Crippen LogP contribution in [0.3, 0.4) is 0 Å². The van der Waals surface area contributed by atoms with Gasteiger partial charge in [0.2, 0.25) is 0 Å². The number of hydrogen-bond acceptors (Lipinski definition) is 4. The Kier molecular flexibility index (Phi) is 6.26. The van der Waals surface area contributed by atoms with E-state index in [-0.39, 0.29) is 6.10 Å². The van der Waals surface area contributed by atoms with E-state index in [4.69, 9.17) is 4.74 Å². The van der Waals surface area contributed by atoms with Crippen molar-refractivity contribution in [1.82, 2.24) is 10.2 Å². The van der Waals surface area contributed by atoms with Crippen LogP contribution in [-0.4, -0.2) is 55.5 Å². The summed E-state index contributed by atoms with van der Waals surface area (Å²) in [7, 11) is 0. The van der Waals surface area contributed by atoms with Crippen molar-refractivity contribution in [3.8, 4) is 0 Å². The van der Waals surface area contributed by atoms with Crippen molar-refractivity contribution >= 4 is 15.9 Å². The van der Waals surface area contributed by atoms with Crippen LogP contribution in [0.1, 0.15) is 5.56 Å². The number of aliphatic hydroxyl groups excluding tert-OH is 1. The van der Waals surface area contributed by atoms with Gasteiger partial charge < -0.3 is 15.2 Å². The highest BCUT2D eigenvalue weighted by molar-refractivity contribution is 9.10. The summed E-state index contributed by atoms with van der Waals surface area (Å²) in [5, 5.41) is 13.3. The molecule has 0 aliphatic carbocycles. The predicted octanol–water partition coefficient (Wildman–Crippen LogP) is 1.23. The van der Waals surface area contributed by atoms with Crippen LogP contribution in [0.2, 0.25) is 0 Å². The van der Waals surface area contributed by atoms with Gasteiger partial charge in [-0.15, -0.1) is 0 Å². The van der Waals surface area contributed by atoms with Crippen molar-refractivity contribution in [1.29, 1.82) is 0 Å². The quantitative estimate of drug-likeness (QED) is 0.824. The third-order valence-corrected chi connectivity index (χ3v) is 4.00. The van der Waals surface area contributed by atoms with E-state index < -0.39 is 0 Å². The minimum atomic E-state index is -0.333. The van der Waals surface area contributed by atoms with Crippen molar-refractivity contribution in [2.45, 2.75) is 12.6 Å². The smallest absolute Gasteiger partial charge is 0.0791 e. The molecule has 2 N–H and O–H groups in total. The number of rotatable bonds is 6. The molecular formula is C14H21BrN2O2. The van der Waals surface area contributed by atoms with Crippen LogP contribution >= 0.6 is 15.9 Å². The molecule has 19 heavy (non-hydrogen) atoms. The van der Waals surface area contributed by atoms with Crippen LogP contribution in [0.5, 0.6) is 0 Å². The number of aliphatic hydroxyl groups is 1. The first-order valence-corrected chi connectivity index (χ1v) is 7.47. The van der Waals surface area contributed by atoms with Crippen LogP contribution in [-0.2, 0) is 11.3 Å². The minimum Gasteiger partial charge on any atom is -0.390 e. The van der Waals surface area contributed by atoms with Gasteiger partial charge in [-0.05, 0) is 11.6 Å². The average molecular weight is 329 g/mol. The Hall–Kier alpha value is -0.460. The molecule has 0 saturated carbocycles. The first kappa shape index (κ1) is 14.9. The van der Waals surface area contributed by atoms with E-state index in [0.717, 1.165) is 37.3 Å². The highest BCUT2D eigenvalue weighted by Crippen LogP contribution is 2.15. The number of halogens is 1. The van der Waals surface area contributed by atoms with Gasteiger partial charge in [0.25, 0.3) is 0 Å². The average Bonchev–Trinajstić information content (AvgIpc) is 2.42. The molecule has 0 aromatic heterocycles. The Bertz CT molecular complexity index is 383. The van der Waals surface area contributed by atoms with Crippen molar-refractivity contribution in [2.24, 2.45) is 0 Å². The van der Waals surface area contributed by atoms with Crippen molar-refractivity contribution in [3.63, 3.8) is 0 Å². The number of nitrogens with zero attached hydrogens (tertiary/aromatic N) is 1. The van der Waals surface area contributed by atoms with Gasteiger partial charge >= 0.3 is 0 Å². The van der Waals surface area contributed by atoms with E-state index in [2.05, 4.69) is 32.2 Å². The summed E-state index contributed by atoms with van der Waals surface area (Å²) in [5.41, 5.74) is 1.21. The van der Waals surface area contributed by atoms with Crippen molar-refractivity contribution in [3.05, 3.63) is 34.3 Å². The maximum absolute atomic E-state index is 9.99. The molecular weight excluding hydrogens is 308 g/mol. The lowest BCUT2D eigenvalue weighted by Gasteiger charge is -2.28. The number of ether oxygens (including phenoxy) is 1. The molecule has 0 radical (unpaired) electrons. The normalized spacial score (nSPS) is 18.4. The highest BCUT2D eigenvalue weighted by Gasteiger charge is 2.14. The van der Waals surface area contributed by atoms with Crippen molar-refractivity contribution < 1.29 is 9.84 Å². The Labute approximate surface area is 122 Å². The van der Waals surface area contributed by atoms with E-state index >= 15 is 0 Å². The summed E-state index contributed by atoms with van der Waals surface area (Å²) >= 11 is 3.52. The lowest BCUT2D eigenvalue weighted by Crippen LogP contribution is -2.43. The summed E-state index contributed by atoms with van der Waals surface area (Å²) in [6.07, 6.45) is -0.333. The molecule has 1 aromatic carbocycles. The Morgan fingerprint density at radius 3 is 2.79 bits per heavy atom. The zero-order chi connectivity index (χ0) is 13.5. The molecule has 1 fully saturated rings. The third kappa shape index (κ3) is 5.20. The van der Waals surface area contributed by atoms with Gasteiger partial charge in [-0.25, -0.2) is 0 Å². The molecule has 1 heterocycles. The van der Waals surface area contributed by atoms with Crippen LogP contribution in [0.25, 0.3) is 0 Å². The molecule has 1 saturated heterocycles. The van der Waals surface area contributed by atoms with Gasteiger partial charge in [0.1, 0.15) is 0 Å². The highest BCUT2D eigenvalue weighted by atomic mass is 79.9. The van der Waals surface area contributed by atoms with Gasteiger partial charge in [0, 0.05) is 37.2 Å². The molecule has 1 atom stereocenters. The maximum Gasteiger partial charge on any atom is 0.0791 e. The fourth-order valence-electron chi connectivity index (χ4n) is 2.16. The zero-order valence-electron chi connectivity index (χ0n) is 11.0. The standard InChI is InChI=1S/C14H21BrN2O2/c15-14-4-2-1-3-12(14)9-16-10-13(18)11-17-5-7-19-8-6-17/h1-4,13,16,18H,5-11H2. The Morgan fingerprint density at radius 2 is 2.05 bits per heavy atom. The van der Waals surface area contributed by atoms with Crippen molar-refractivity contribution in [2.75, 3.05) is 39.4 Å². The maximum atomic E-state index is 9.99. The molecule has 4 nitrogen and oxygen atoms in total. The van der Waals surface area contributed by atoms with E-state index in [1.807, 2.05) is 18.2 Å². The number of benzene rings is 1. The zero-order valence-corrected chi connectivity index (χ0v) is 12.6. The van der Waals surface area contributed by atoms with Gasteiger partial charge in [0.15, 0.2) is 0 Å². The number of hydrogen-bond donors (Lipinski definition) is 2. The largest absolute Gasteiger partial charge is 0.390 e. The third-order valence-electron chi connectivity index (χ3n) is 3.23. The van der Waals surface area contributed by atoms with Crippen LogP contribution in [0.4, 0.5) is 0 Å².